The van der Waals surface area contributed by atoms with E-state index in [1.807, 2.05) is 6.07 Å². The average Bonchev–Trinajstić information content (AvgIpc) is 2.17. The molecule has 0 saturated carbocycles. The van der Waals surface area contributed by atoms with E-state index in [0.717, 1.165) is 24.6 Å². The summed E-state index contributed by atoms with van der Waals surface area (Å²) in [6.45, 7) is 4.25. The van der Waals surface area contributed by atoms with Gasteiger partial charge in [0.05, 0.1) is 14.2 Å². The minimum absolute atomic E-state index is 0.629. The van der Waals surface area contributed by atoms with Gasteiger partial charge in [-0.2, -0.15) is 0 Å². The first kappa shape index (κ1) is 10.3. The molecule has 1 aromatic carbocycles. The van der Waals surface area contributed by atoms with Crippen molar-refractivity contribution < 1.29 is 9.47 Å². The molecular weight excluding hydrogens is 190 g/mol. The lowest BCUT2D eigenvalue weighted by Gasteiger charge is -2.29. The second-order valence-corrected chi connectivity index (χ2v) is 3.92. The zero-order valence-electron chi connectivity index (χ0n) is 9.46. The van der Waals surface area contributed by atoms with Crippen molar-refractivity contribution >= 4 is 0 Å². The van der Waals surface area contributed by atoms with Crippen LogP contribution in [0.5, 0.6) is 11.5 Å². The van der Waals surface area contributed by atoms with Gasteiger partial charge in [-0.1, -0.05) is 0 Å². The third-order valence-electron chi connectivity index (χ3n) is 2.99. The summed E-state index contributed by atoms with van der Waals surface area (Å²) in [7, 11) is 3.35. The molecule has 1 fully saturated rings. The third-order valence-corrected chi connectivity index (χ3v) is 2.99. The molecule has 0 aromatic heterocycles. The Kier molecular flexibility index (Phi) is 2.82. The number of ether oxygens (including phenoxy) is 2. The van der Waals surface area contributed by atoms with Crippen LogP contribution >= 0.6 is 0 Å². The highest BCUT2D eigenvalue weighted by molar-refractivity contribution is 5.48. The van der Waals surface area contributed by atoms with Gasteiger partial charge in [0.1, 0.15) is 0 Å². The van der Waals surface area contributed by atoms with Gasteiger partial charge in [0, 0.05) is 19.0 Å². The smallest absolute Gasteiger partial charge is 0.161 e. The molecule has 1 heterocycles. The maximum absolute atomic E-state index is 5.31. The van der Waals surface area contributed by atoms with Crippen LogP contribution in [0.2, 0.25) is 0 Å². The third kappa shape index (κ3) is 1.79. The van der Waals surface area contributed by atoms with Crippen LogP contribution in [-0.2, 0) is 0 Å². The highest BCUT2D eigenvalue weighted by Gasteiger charge is 2.22. The minimum Gasteiger partial charge on any atom is -0.493 e. The maximum atomic E-state index is 5.31. The van der Waals surface area contributed by atoms with Gasteiger partial charge in [-0.3, -0.25) is 0 Å². The van der Waals surface area contributed by atoms with Crippen molar-refractivity contribution in [1.29, 1.82) is 0 Å². The molecule has 1 N–H and O–H groups in total. The molecule has 0 bridgehead atoms. The first-order valence-electron chi connectivity index (χ1n) is 5.19. The summed E-state index contributed by atoms with van der Waals surface area (Å²) in [5.74, 6) is 2.26. The summed E-state index contributed by atoms with van der Waals surface area (Å²) < 4.78 is 10.6. The number of aryl methyl sites for hydroxylation is 1. The lowest BCUT2D eigenvalue weighted by atomic mass is 9.90. The Morgan fingerprint density at radius 2 is 1.73 bits per heavy atom. The van der Waals surface area contributed by atoms with Crippen molar-refractivity contribution in [3.8, 4) is 11.5 Å². The summed E-state index contributed by atoms with van der Waals surface area (Å²) in [5.41, 5.74) is 2.64. The molecule has 0 unspecified atom stereocenters. The monoisotopic (exact) mass is 207 g/mol. The zero-order chi connectivity index (χ0) is 10.8. The molecule has 0 aliphatic carbocycles. The average molecular weight is 207 g/mol. The summed E-state index contributed by atoms with van der Waals surface area (Å²) >= 11 is 0. The van der Waals surface area contributed by atoms with Crippen LogP contribution in [0.3, 0.4) is 0 Å². The molecule has 1 aromatic rings. The van der Waals surface area contributed by atoms with Crippen molar-refractivity contribution in [2.24, 2.45) is 0 Å². The molecule has 0 radical (unpaired) electrons. The van der Waals surface area contributed by atoms with Crippen molar-refractivity contribution in [1.82, 2.24) is 5.32 Å². The number of hydrogen-bond acceptors (Lipinski definition) is 3. The molecule has 0 amide bonds. The van der Waals surface area contributed by atoms with Crippen molar-refractivity contribution in [2.45, 2.75) is 12.8 Å². The first-order chi connectivity index (χ1) is 7.26. The minimum atomic E-state index is 0.629. The van der Waals surface area contributed by atoms with Gasteiger partial charge in [0.2, 0.25) is 0 Å². The van der Waals surface area contributed by atoms with Crippen LogP contribution in [0.15, 0.2) is 12.1 Å². The number of rotatable bonds is 3. The fourth-order valence-corrected chi connectivity index (χ4v) is 1.94. The van der Waals surface area contributed by atoms with Crippen molar-refractivity contribution in [3.63, 3.8) is 0 Å². The van der Waals surface area contributed by atoms with Gasteiger partial charge in [0.15, 0.2) is 11.5 Å². The van der Waals surface area contributed by atoms with Gasteiger partial charge >= 0.3 is 0 Å². The number of benzene rings is 1. The highest BCUT2D eigenvalue weighted by Crippen LogP contribution is 2.34. The lowest BCUT2D eigenvalue weighted by molar-refractivity contribution is 0.352. The van der Waals surface area contributed by atoms with Crippen molar-refractivity contribution in [3.05, 3.63) is 23.3 Å². The number of hydrogen-bond donors (Lipinski definition) is 1. The van der Waals surface area contributed by atoms with E-state index in [-0.39, 0.29) is 0 Å². The van der Waals surface area contributed by atoms with Crippen LogP contribution < -0.4 is 14.8 Å². The SMILES string of the molecule is COc1cc(C)c(C2CNC2)cc1OC. The normalized spacial score (nSPS) is 15.9. The van der Waals surface area contributed by atoms with Crippen LogP contribution in [0.1, 0.15) is 17.0 Å². The van der Waals surface area contributed by atoms with E-state index in [9.17, 15) is 0 Å². The summed E-state index contributed by atoms with van der Waals surface area (Å²) in [5, 5.41) is 3.28. The van der Waals surface area contributed by atoms with E-state index >= 15 is 0 Å². The summed E-state index contributed by atoms with van der Waals surface area (Å²) in [6, 6.07) is 4.14. The molecule has 0 atom stereocenters. The Balaban J connectivity index is 2.38. The van der Waals surface area contributed by atoms with E-state index < -0.39 is 0 Å². The van der Waals surface area contributed by atoms with E-state index in [1.165, 1.54) is 11.1 Å². The fourth-order valence-electron chi connectivity index (χ4n) is 1.94. The summed E-state index contributed by atoms with van der Waals surface area (Å²) in [6.07, 6.45) is 0. The molecule has 2 rings (SSSR count). The molecule has 1 aliphatic heterocycles. The van der Waals surface area contributed by atoms with Crippen LogP contribution in [0, 0.1) is 6.92 Å². The second-order valence-electron chi connectivity index (χ2n) is 3.92. The van der Waals surface area contributed by atoms with E-state index in [2.05, 4.69) is 18.3 Å². The Morgan fingerprint density at radius 1 is 1.13 bits per heavy atom. The summed E-state index contributed by atoms with van der Waals surface area (Å²) in [4.78, 5) is 0. The highest BCUT2D eigenvalue weighted by atomic mass is 16.5. The van der Waals surface area contributed by atoms with Gasteiger partial charge in [-0.25, -0.2) is 0 Å². The molecular formula is C12H17NO2. The fraction of sp³-hybridized carbons (Fsp3) is 0.500. The van der Waals surface area contributed by atoms with Gasteiger partial charge in [0.25, 0.3) is 0 Å². The van der Waals surface area contributed by atoms with Crippen LogP contribution in [-0.4, -0.2) is 27.3 Å². The predicted molar refractivity (Wildman–Crippen MR) is 59.9 cm³/mol. The molecule has 3 nitrogen and oxygen atoms in total. The van der Waals surface area contributed by atoms with Crippen molar-refractivity contribution in [2.75, 3.05) is 27.3 Å². The zero-order valence-corrected chi connectivity index (χ0v) is 9.46. The Hall–Kier alpha value is -1.22. The second kappa shape index (κ2) is 4.11. The molecule has 1 aliphatic rings. The number of nitrogens with one attached hydrogen (secondary N) is 1. The molecule has 3 heteroatoms. The Labute approximate surface area is 90.4 Å². The quantitative estimate of drug-likeness (QED) is 0.818. The molecule has 1 saturated heterocycles. The Bertz CT molecular complexity index is 359. The van der Waals surface area contributed by atoms with E-state index in [1.54, 1.807) is 14.2 Å². The van der Waals surface area contributed by atoms with Gasteiger partial charge in [-0.05, 0) is 30.2 Å². The van der Waals surface area contributed by atoms with E-state index in [0.29, 0.717) is 5.92 Å². The van der Waals surface area contributed by atoms with Crippen LogP contribution in [0.4, 0.5) is 0 Å². The van der Waals surface area contributed by atoms with Gasteiger partial charge in [-0.15, -0.1) is 0 Å². The Morgan fingerprint density at radius 3 is 2.20 bits per heavy atom. The molecule has 82 valence electrons. The first-order valence-corrected chi connectivity index (χ1v) is 5.19. The standard InChI is InChI=1S/C12H17NO2/c1-8-4-11(14-2)12(15-3)5-10(8)9-6-13-7-9/h4-5,9,13H,6-7H2,1-3H3. The largest absolute Gasteiger partial charge is 0.493 e. The molecule has 0 spiro atoms. The van der Waals surface area contributed by atoms with Gasteiger partial charge < -0.3 is 14.8 Å². The molecule has 15 heavy (non-hydrogen) atoms. The van der Waals surface area contributed by atoms with E-state index in [4.69, 9.17) is 9.47 Å². The maximum Gasteiger partial charge on any atom is 0.161 e. The van der Waals surface area contributed by atoms with Crippen LogP contribution in [0.25, 0.3) is 0 Å². The topological polar surface area (TPSA) is 30.5 Å². The predicted octanol–water partition coefficient (Wildman–Crippen LogP) is 1.70. The lowest BCUT2D eigenvalue weighted by Crippen LogP contribution is -2.40. The number of methoxy groups -OCH3 is 2.